The van der Waals surface area contributed by atoms with E-state index in [-0.39, 0.29) is 17.6 Å². The lowest BCUT2D eigenvalue weighted by Gasteiger charge is -2.39. The normalized spacial score (nSPS) is 19.0. The van der Waals surface area contributed by atoms with Gasteiger partial charge in [-0.3, -0.25) is 14.3 Å². The number of rotatable bonds is 4. The first-order chi connectivity index (χ1) is 14.5. The number of carbonyl (C=O) groups is 2. The summed E-state index contributed by atoms with van der Waals surface area (Å²) < 4.78 is 14.9. The molecule has 0 radical (unpaired) electrons. The fourth-order valence-corrected chi connectivity index (χ4v) is 4.36. The minimum absolute atomic E-state index is 0.0303. The monoisotopic (exact) mass is 413 g/mol. The van der Waals surface area contributed by atoms with Crippen LogP contribution in [0, 0.1) is 5.82 Å². The van der Waals surface area contributed by atoms with Crippen molar-refractivity contribution in [2.24, 2.45) is 7.05 Å². The van der Waals surface area contributed by atoms with Gasteiger partial charge >= 0.3 is 0 Å². The summed E-state index contributed by atoms with van der Waals surface area (Å²) in [5.74, 6) is -0.556. The van der Waals surface area contributed by atoms with Crippen molar-refractivity contribution in [3.05, 3.63) is 47.5 Å². The molecular weight excluding hydrogens is 385 g/mol. The largest absolute Gasteiger partial charge is 0.368 e. The molecule has 3 heterocycles. The van der Waals surface area contributed by atoms with Crippen LogP contribution >= 0.6 is 0 Å². The van der Waals surface area contributed by atoms with Crippen molar-refractivity contribution in [1.82, 2.24) is 19.6 Å². The van der Waals surface area contributed by atoms with Crippen LogP contribution in [0.4, 0.5) is 10.1 Å². The number of halogens is 1. The average molecular weight is 413 g/mol. The van der Waals surface area contributed by atoms with Crippen LogP contribution in [0.3, 0.4) is 0 Å². The Morgan fingerprint density at radius 1 is 1.10 bits per heavy atom. The van der Waals surface area contributed by atoms with Crippen LogP contribution in [-0.4, -0.2) is 64.1 Å². The summed E-state index contributed by atoms with van der Waals surface area (Å²) in [6, 6.07) is 6.45. The van der Waals surface area contributed by atoms with E-state index in [0.717, 1.165) is 23.4 Å². The highest BCUT2D eigenvalue weighted by Gasteiger charge is 2.37. The smallest absolute Gasteiger partial charge is 0.233 e. The van der Waals surface area contributed by atoms with Crippen LogP contribution in [0.2, 0.25) is 0 Å². The second-order valence-corrected chi connectivity index (χ2v) is 8.08. The quantitative estimate of drug-likeness (QED) is 0.771. The van der Waals surface area contributed by atoms with Gasteiger partial charge in [0.25, 0.3) is 0 Å². The Bertz CT molecular complexity index is 918. The number of hydrogen-bond donors (Lipinski definition) is 0. The molecule has 2 aromatic rings. The maximum absolute atomic E-state index is 13.4. The Kier molecular flexibility index (Phi) is 5.74. The van der Waals surface area contributed by atoms with Gasteiger partial charge in [-0.1, -0.05) is 6.92 Å². The molecule has 7 nitrogen and oxygen atoms in total. The van der Waals surface area contributed by atoms with Crippen molar-refractivity contribution in [2.75, 3.05) is 37.6 Å². The van der Waals surface area contributed by atoms with Crippen LogP contribution in [0.15, 0.2) is 30.5 Å². The third-order valence-electron chi connectivity index (χ3n) is 5.93. The number of piperazine rings is 1. The maximum atomic E-state index is 13.4. The van der Waals surface area contributed by atoms with E-state index in [0.29, 0.717) is 45.7 Å². The molecule has 0 N–H and O–H groups in total. The standard InChI is InChI=1S/C22H28FN5O2/c1-3-4-20(29)28-14-16-13-25(2)24-21(16)19(15-28)22(30)27-11-9-26(10-12-27)18-7-5-17(23)6-8-18/h5-8,13,19H,3-4,9-12,14-15H2,1-2H3/t19-/m1/s1. The molecule has 0 unspecified atom stereocenters. The molecule has 1 saturated heterocycles. The van der Waals surface area contributed by atoms with E-state index in [1.807, 2.05) is 25.1 Å². The minimum atomic E-state index is -0.423. The molecule has 0 aliphatic carbocycles. The molecule has 1 aromatic heterocycles. The zero-order valence-corrected chi connectivity index (χ0v) is 17.6. The van der Waals surface area contributed by atoms with Gasteiger partial charge in [0.2, 0.25) is 11.8 Å². The van der Waals surface area contributed by atoms with Gasteiger partial charge in [0.1, 0.15) is 11.7 Å². The molecule has 8 heteroatoms. The fraction of sp³-hybridized carbons (Fsp3) is 0.500. The van der Waals surface area contributed by atoms with Crippen LogP contribution < -0.4 is 4.90 Å². The number of fused-ring (bicyclic) bond motifs is 1. The van der Waals surface area contributed by atoms with E-state index < -0.39 is 5.92 Å². The first-order valence-electron chi connectivity index (χ1n) is 10.6. The predicted molar refractivity (Wildman–Crippen MR) is 111 cm³/mol. The number of amides is 2. The van der Waals surface area contributed by atoms with Crippen LogP contribution in [0.5, 0.6) is 0 Å². The number of aromatic nitrogens is 2. The molecule has 2 aliphatic heterocycles. The zero-order chi connectivity index (χ0) is 21.3. The Morgan fingerprint density at radius 3 is 2.47 bits per heavy atom. The minimum Gasteiger partial charge on any atom is -0.368 e. The first kappa shape index (κ1) is 20.4. The lowest BCUT2D eigenvalue weighted by atomic mass is 9.94. The third-order valence-corrected chi connectivity index (χ3v) is 5.93. The van der Waals surface area contributed by atoms with Gasteiger partial charge in [-0.15, -0.1) is 0 Å². The van der Waals surface area contributed by atoms with Gasteiger partial charge in [-0.05, 0) is 30.7 Å². The number of nitrogens with zero attached hydrogens (tertiary/aromatic N) is 5. The summed E-state index contributed by atoms with van der Waals surface area (Å²) in [4.78, 5) is 31.8. The number of aryl methyl sites for hydroxylation is 1. The van der Waals surface area contributed by atoms with Crippen LogP contribution in [-0.2, 0) is 23.2 Å². The second kappa shape index (κ2) is 8.45. The van der Waals surface area contributed by atoms with Crippen LogP contribution in [0.25, 0.3) is 0 Å². The van der Waals surface area contributed by atoms with E-state index in [1.165, 1.54) is 12.1 Å². The summed E-state index contributed by atoms with van der Waals surface area (Å²) in [6.45, 7) is 5.47. The number of carbonyl (C=O) groups excluding carboxylic acids is 2. The highest BCUT2D eigenvalue weighted by atomic mass is 19.1. The van der Waals surface area contributed by atoms with Gasteiger partial charge in [0, 0.05) is 70.2 Å². The van der Waals surface area contributed by atoms with E-state index in [4.69, 9.17) is 0 Å². The van der Waals surface area contributed by atoms with Gasteiger partial charge in [0.05, 0.1) is 5.69 Å². The maximum Gasteiger partial charge on any atom is 0.233 e. The van der Waals surface area contributed by atoms with Gasteiger partial charge in [0.15, 0.2) is 0 Å². The fourth-order valence-electron chi connectivity index (χ4n) is 4.36. The van der Waals surface area contributed by atoms with Crippen molar-refractivity contribution in [1.29, 1.82) is 0 Å². The van der Waals surface area contributed by atoms with E-state index in [9.17, 15) is 14.0 Å². The molecule has 1 atom stereocenters. The lowest BCUT2D eigenvalue weighted by molar-refractivity contribution is -0.137. The molecule has 0 spiro atoms. The molecule has 160 valence electrons. The van der Waals surface area contributed by atoms with Gasteiger partial charge in [-0.25, -0.2) is 4.39 Å². The Hall–Kier alpha value is -2.90. The van der Waals surface area contributed by atoms with Gasteiger partial charge in [-0.2, -0.15) is 5.10 Å². The summed E-state index contributed by atoms with van der Waals surface area (Å²) in [6.07, 6.45) is 3.19. The van der Waals surface area contributed by atoms with Crippen molar-refractivity contribution < 1.29 is 14.0 Å². The Labute approximate surface area is 176 Å². The Morgan fingerprint density at radius 2 is 1.80 bits per heavy atom. The molecule has 1 fully saturated rings. The molecule has 30 heavy (non-hydrogen) atoms. The van der Waals surface area contributed by atoms with E-state index in [1.54, 1.807) is 21.7 Å². The molecule has 1 aromatic carbocycles. The lowest BCUT2D eigenvalue weighted by Crippen LogP contribution is -2.52. The van der Waals surface area contributed by atoms with Crippen molar-refractivity contribution >= 4 is 17.5 Å². The van der Waals surface area contributed by atoms with Crippen LogP contribution in [0.1, 0.15) is 36.9 Å². The zero-order valence-electron chi connectivity index (χ0n) is 17.6. The number of anilines is 1. The summed E-state index contributed by atoms with van der Waals surface area (Å²) in [7, 11) is 1.85. The first-order valence-corrected chi connectivity index (χ1v) is 10.6. The molecule has 0 saturated carbocycles. The third kappa shape index (κ3) is 4.04. The van der Waals surface area contributed by atoms with E-state index >= 15 is 0 Å². The highest BCUT2D eigenvalue weighted by Crippen LogP contribution is 2.30. The summed E-state index contributed by atoms with van der Waals surface area (Å²) in [5.41, 5.74) is 2.71. The molecule has 0 bridgehead atoms. The highest BCUT2D eigenvalue weighted by molar-refractivity contribution is 5.86. The van der Waals surface area contributed by atoms with Crippen molar-refractivity contribution in [3.8, 4) is 0 Å². The van der Waals surface area contributed by atoms with Gasteiger partial charge < -0.3 is 14.7 Å². The number of benzene rings is 1. The molecule has 2 amide bonds. The molecule has 2 aliphatic rings. The predicted octanol–water partition coefficient (Wildman–Crippen LogP) is 2.13. The number of hydrogen-bond acceptors (Lipinski definition) is 4. The average Bonchev–Trinajstić information content (AvgIpc) is 3.13. The molecular formula is C22H28FN5O2. The summed E-state index contributed by atoms with van der Waals surface area (Å²) in [5, 5.41) is 4.54. The summed E-state index contributed by atoms with van der Waals surface area (Å²) >= 11 is 0. The Balaban J connectivity index is 1.47. The SMILES string of the molecule is CCCC(=O)N1Cc2cn(C)nc2[C@H](C(=O)N2CCN(c3ccc(F)cc3)CC2)C1. The topological polar surface area (TPSA) is 61.7 Å². The van der Waals surface area contributed by atoms with Crippen molar-refractivity contribution in [2.45, 2.75) is 32.2 Å². The van der Waals surface area contributed by atoms with E-state index in [2.05, 4.69) is 10.00 Å². The second-order valence-electron chi connectivity index (χ2n) is 8.08. The molecule has 4 rings (SSSR count). The van der Waals surface area contributed by atoms with Crippen molar-refractivity contribution in [3.63, 3.8) is 0 Å².